The molecule has 3 aromatic rings. The molecule has 31 heavy (non-hydrogen) atoms. The van der Waals surface area contributed by atoms with Crippen molar-refractivity contribution >= 4 is 0 Å². The van der Waals surface area contributed by atoms with Gasteiger partial charge in [-0.05, 0) is 73.3 Å². The number of rotatable bonds is 5. The summed E-state index contributed by atoms with van der Waals surface area (Å²) in [7, 11) is 0. The fourth-order valence-electron chi connectivity index (χ4n) is 4.31. The first-order valence-electron chi connectivity index (χ1n) is 10.6. The molecule has 0 aliphatic heterocycles. The minimum absolute atomic E-state index is 0.0364. The van der Waals surface area contributed by atoms with Crippen LogP contribution in [0, 0.1) is 36.1 Å². The van der Waals surface area contributed by atoms with Crippen LogP contribution in [0.15, 0.2) is 54.6 Å². The quantitative estimate of drug-likeness (QED) is 0.381. The first-order valence-corrected chi connectivity index (χ1v) is 10.6. The molecular weight excluding hydrogens is 404 g/mol. The van der Waals surface area contributed by atoms with Crippen molar-refractivity contribution in [2.24, 2.45) is 5.92 Å². The molecule has 0 heterocycles. The summed E-state index contributed by atoms with van der Waals surface area (Å²) in [6.45, 7) is 1.81. The van der Waals surface area contributed by atoms with E-state index in [4.69, 9.17) is 4.74 Å². The van der Waals surface area contributed by atoms with Crippen LogP contribution in [0.4, 0.5) is 17.6 Å². The van der Waals surface area contributed by atoms with Gasteiger partial charge in [-0.15, -0.1) is 0 Å². The fourth-order valence-corrected chi connectivity index (χ4v) is 4.31. The summed E-state index contributed by atoms with van der Waals surface area (Å²) in [5.41, 5.74) is 1.52. The summed E-state index contributed by atoms with van der Waals surface area (Å²) in [6, 6.07) is 15.0. The van der Waals surface area contributed by atoms with Crippen LogP contribution in [0.2, 0.25) is 0 Å². The van der Waals surface area contributed by atoms with Gasteiger partial charge in [-0.3, -0.25) is 0 Å². The molecule has 4 rings (SSSR count). The monoisotopic (exact) mass is 428 g/mol. The maximum atomic E-state index is 14.5. The second-order valence-corrected chi connectivity index (χ2v) is 8.23. The Kier molecular flexibility index (Phi) is 6.30. The molecule has 5 heteroatoms. The van der Waals surface area contributed by atoms with Crippen LogP contribution >= 0.6 is 0 Å². The zero-order chi connectivity index (χ0) is 22.0. The van der Waals surface area contributed by atoms with Crippen LogP contribution < -0.4 is 4.74 Å². The number of benzene rings is 3. The molecule has 3 aromatic carbocycles. The molecule has 0 atom stereocenters. The van der Waals surface area contributed by atoms with Crippen LogP contribution in [-0.2, 0) is 0 Å². The third-order valence-corrected chi connectivity index (χ3v) is 6.20. The molecule has 1 aliphatic rings. The molecule has 0 N–H and O–H groups in total. The van der Waals surface area contributed by atoms with E-state index in [2.05, 4.69) is 0 Å². The van der Waals surface area contributed by atoms with Crippen molar-refractivity contribution in [2.75, 3.05) is 6.61 Å². The van der Waals surface area contributed by atoms with Gasteiger partial charge in [0.15, 0.2) is 23.2 Å². The van der Waals surface area contributed by atoms with Gasteiger partial charge in [0.1, 0.15) is 0 Å². The lowest BCUT2D eigenvalue weighted by Gasteiger charge is -2.29. The standard InChI is InChI=1S/C26H24F4O/c1-16-7-12-20(24(28)23(16)27)19-10-8-17(9-11-19)15-31-22-14-13-21(25(29)26(22)30)18-5-3-2-4-6-18/h2-7,12-14,17,19H,8-11,15H2,1H3. The summed E-state index contributed by atoms with van der Waals surface area (Å²) < 4.78 is 62.8. The molecule has 0 bridgehead atoms. The Labute approximate surface area is 179 Å². The maximum absolute atomic E-state index is 14.5. The molecule has 0 unspecified atom stereocenters. The molecule has 162 valence electrons. The highest BCUT2D eigenvalue weighted by Gasteiger charge is 2.27. The van der Waals surface area contributed by atoms with E-state index in [1.54, 1.807) is 43.3 Å². The molecule has 1 nitrogen and oxygen atoms in total. The molecule has 0 saturated heterocycles. The minimum atomic E-state index is -0.993. The number of hydrogen-bond acceptors (Lipinski definition) is 1. The molecule has 1 saturated carbocycles. The molecule has 0 amide bonds. The van der Waals surface area contributed by atoms with Crippen LogP contribution in [0.1, 0.15) is 42.7 Å². The summed E-state index contributed by atoms with van der Waals surface area (Å²) >= 11 is 0. The van der Waals surface area contributed by atoms with Gasteiger partial charge >= 0.3 is 0 Å². The zero-order valence-corrected chi connectivity index (χ0v) is 17.3. The topological polar surface area (TPSA) is 9.23 Å². The zero-order valence-electron chi connectivity index (χ0n) is 17.3. The Bertz CT molecular complexity index is 1060. The van der Waals surface area contributed by atoms with Gasteiger partial charge in [0, 0.05) is 5.56 Å². The predicted molar refractivity (Wildman–Crippen MR) is 113 cm³/mol. The first kappa shape index (κ1) is 21.4. The highest BCUT2D eigenvalue weighted by atomic mass is 19.2. The van der Waals surface area contributed by atoms with E-state index in [0.29, 0.717) is 29.5 Å². The van der Waals surface area contributed by atoms with E-state index in [9.17, 15) is 17.6 Å². The van der Waals surface area contributed by atoms with Gasteiger partial charge in [0.25, 0.3) is 0 Å². The van der Waals surface area contributed by atoms with Crippen molar-refractivity contribution < 1.29 is 22.3 Å². The second kappa shape index (κ2) is 9.13. The molecular formula is C26H24F4O. The van der Waals surface area contributed by atoms with Crippen molar-refractivity contribution in [3.63, 3.8) is 0 Å². The van der Waals surface area contributed by atoms with Gasteiger partial charge in [-0.1, -0.05) is 42.5 Å². The Morgan fingerprint density at radius 3 is 2.16 bits per heavy atom. The van der Waals surface area contributed by atoms with Crippen molar-refractivity contribution in [1.29, 1.82) is 0 Å². The van der Waals surface area contributed by atoms with Crippen molar-refractivity contribution in [2.45, 2.75) is 38.5 Å². The van der Waals surface area contributed by atoms with E-state index < -0.39 is 23.3 Å². The Balaban J connectivity index is 1.37. The van der Waals surface area contributed by atoms with Gasteiger partial charge in [0.2, 0.25) is 5.82 Å². The van der Waals surface area contributed by atoms with E-state index in [1.165, 1.54) is 12.1 Å². The number of ether oxygens (including phenoxy) is 1. The van der Waals surface area contributed by atoms with Crippen molar-refractivity contribution in [1.82, 2.24) is 0 Å². The molecule has 0 aromatic heterocycles. The smallest absolute Gasteiger partial charge is 0.201 e. The average Bonchev–Trinajstić information content (AvgIpc) is 2.80. The van der Waals surface area contributed by atoms with E-state index >= 15 is 0 Å². The van der Waals surface area contributed by atoms with E-state index in [-0.39, 0.29) is 29.8 Å². The lowest BCUT2D eigenvalue weighted by molar-refractivity contribution is 0.192. The molecule has 0 spiro atoms. The third kappa shape index (κ3) is 4.46. The van der Waals surface area contributed by atoms with Crippen LogP contribution in [-0.4, -0.2) is 6.61 Å². The van der Waals surface area contributed by atoms with Crippen molar-refractivity contribution in [3.8, 4) is 16.9 Å². The normalized spacial score (nSPS) is 18.7. The SMILES string of the molecule is Cc1ccc(C2CCC(COc3ccc(-c4ccccc4)c(F)c3F)CC2)c(F)c1F. The summed E-state index contributed by atoms with van der Waals surface area (Å²) in [5.74, 6) is -3.44. The van der Waals surface area contributed by atoms with Crippen LogP contribution in [0.3, 0.4) is 0 Å². The Hall–Kier alpha value is -2.82. The predicted octanol–water partition coefficient (Wildman–Crippen LogP) is 7.57. The lowest BCUT2D eigenvalue weighted by Crippen LogP contribution is -2.20. The summed E-state index contributed by atoms with van der Waals surface area (Å²) in [4.78, 5) is 0. The van der Waals surface area contributed by atoms with Crippen LogP contribution in [0.25, 0.3) is 11.1 Å². The van der Waals surface area contributed by atoms with Gasteiger partial charge in [-0.25, -0.2) is 13.2 Å². The van der Waals surface area contributed by atoms with E-state index in [1.807, 2.05) is 6.07 Å². The minimum Gasteiger partial charge on any atom is -0.490 e. The third-order valence-electron chi connectivity index (χ3n) is 6.20. The van der Waals surface area contributed by atoms with Crippen LogP contribution in [0.5, 0.6) is 5.75 Å². The van der Waals surface area contributed by atoms with Crippen molar-refractivity contribution in [3.05, 3.63) is 89.0 Å². The number of hydrogen-bond donors (Lipinski definition) is 0. The Morgan fingerprint density at radius 1 is 0.742 bits per heavy atom. The summed E-state index contributed by atoms with van der Waals surface area (Å²) in [6.07, 6.45) is 2.92. The first-order chi connectivity index (χ1) is 15.0. The fraction of sp³-hybridized carbons (Fsp3) is 0.308. The second-order valence-electron chi connectivity index (χ2n) is 8.23. The molecule has 1 fully saturated rings. The summed E-state index contributed by atoms with van der Waals surface area (Å²) in [5, 5.41) is 0. The highest BCUT2D eigenvalue weighted by Crippen LogP contribution is 2.38. The van der Waals surface area contributed by atoms with E-state index in [0.717, 1.165) is 12.8 Å². The maximum Gasteiger partial charge on any atom is 0.201 e. The molecule has 1 aliphatic carbocycles. The average molecular weight is 428 g/mol. The largest absolute Gasteiger partial charge is 0.490 e. The number of aryl methyl sites for hydroxylation is 1. The van der Waals surface area contributed by atoms with Gasteiger partial charge in [-0.2, -0.15) is 4.39 Å². The number of halogens is 4. The Morgan fingerprint density at radius 2 is 1.45 bits per heavy atom. The van der Waals surface area contributed by atoms with Gasteiger partial charge < -0.3 is 4.74 Å². The molecule has 0 radical (unpaired) electrons. The lowest BCUT2D eigenvalue weighted by atomic mass is 9.78. The highest BCUT2D eigenvalue weighted by molar-refractivity contribution is 5.65. The van der Waals surface area contributed by atoms with Gasteiger partial charge in [0.05, 0.1) is 6.61 Å².